The highest BCUT2D eigenvalue weighted by Gasteiger charge is 2.23. The van der Waals surface area contributed by atoms with E-state index in [1.807, 2.05) is 20.8 Å². The van der Waals surface area contributed by atoms with E-state index in [-0.39, 0.29) is 23.6 Å². The van der Waals surface area contributed by atoms with Crippen LogP contribution in [0.25, 0.3) is 0 Å². The standard InChI is InChI=1S/C12H19N3O3/c1-5-15(7-10(16)17)11(18)8-6-9(14-13-8)12(2,3)4/h6H,5,7H2,1-4H3,(H,13,14)(H,16,17). The Balaban J connectivity index is 2.89. The van der Waals surface area contributed by atoms with Gasteiger partial charge < -0.3 is 10.0 Å². The quantitative estimate of drug-likeness (QED) is 0.845. The summed E-state index contributed by atoms with van der Waals surface area (Å²) < 4.78 is 0. The summed E-state index contributed by atoms with van der Waals surface area (Å²) >= 11 is 0. The van der Waals surface area contributed by atoms with E-state index in [0.717, 1.165) is 5.69 Å². The Bertz CT molecular complexity index is 446. The Morgan fingerprint density at radius 3 is 2.44 bits per heavy atom. The number of hydrogen-bond donors (Lipinski definition) is 2. The zero-order valence-electron chi connectivity index (χ0n) is 11.1. The smallest absolute Gasteiger partial charge is 0.323 e. The molecule has 0 saturated carbocycles. The van der Waals surface area contributed by atoms with Gasteiger partial charge in [0.15, 0.2) is 0 Å². The molecule has 0 aromatic carbocycles. The summed E-state index contributed by atoms with van der Waals surface area (Å²) in [4.78, 5) is 23.9. The molecule has 0 aliphatic carbocycles. The lowest BCUT2D eigenvalue weighted by molar-refractivity contribution is -0.137. The molecule has 0 aliphatic heterocycles. The molecule has 18 heavy (non-hydrogen) atoms. The Hall–Kier alpha value is -1.85. The molecule has 1 aromatic heterocycles. The van der Waals surface area contributed by atoms with Gasteiger partial charge in [-0.05, 0) is 13.0 Å². The van der Waals surface area contributed by atoms with Crippen molar-refractivity contribution in [3.05, 3.63) is 17.5 Å². The van der Waals surface area contributed by atoms with Crippen molar-refractivity contribution in [1.29, 1.82) is 0 Å². The van der Waals surface area contributed by atoms with Crippen molar-refractivity contribution in [3.8, 4) is 0 Å². The lowest BCUT2D eigenvalue weighted by atomic mass is 9.92. The van der Waals surface area contributed by atoms with Crippen LogP contribution in [0.5, 0.6) is 0 Å². The number of H-pyrrole nitrogens is 1. The molecular formula is C12H19N3O3. The number of aromatic nitrogens is 2. The fourth-order valence-electron chi connectivity index (χ4n) is 1.47. The molecule has 6 nitrogen and oxygen atoms in total. The van der Waals surface area contributed by atoms with E-state index >= 15 is 0 Å². The van der Waals surface area contributed by atoms with Crippen LogP contribution >= 0.6 is 0 Å². The molecule has 0 saturated heterocycles. The maximum absolute atomic E-state index is 12.0. The van der Waals surface area contributed by atoms with Gasteiger partial charge in [0.25, 0.3) is 5.91 Å². The van der Waals surface area contributed by atoms with Gasteiger partial charge in [-0.15, -0.1) is 0 Å². The van der Waals surface area contributed by atoms with E-state index < -0.39 is 5.97 Å². The van der Waals surface area contributed by atoms with Crippen LogP contribution in [0.15, 0.2) is 6.07 Å². The molecule has 1 heterocycles. The van der Waals surface area contributed by atoms with E-state index in [9.17, 15) is 9.59 Å². The van der Waals surface area contributed by atoms with Crippen molar-refractivity contribution in [1.82, 2.24) is 15.1 Å². The van der Waals surface area contributed by atoms with Crippen molar-refractivity contribution in [3.63, 3.8) is 0 Å². The normalized spacial score (nSPS) is 11.3. The number of amides is 1. The largest absolute Gasteiger partial charge is 0.480 e. The summed E-state index contributed by atoms with van der Waals surface area (Å²) in [5, 5.41) is 15.5. The second kappa shape index (κ2) is 5.20. The van der Waals surface area contributed by atoms with Crippen LogP contribution in [0.1, 0.15) is 43.9 Å². The second-order valence-corrected chi connectivity index (χ2v) is 5.13. The van der Waals surface area contributed by atoms with Crippen LogP contribution in [0, 0.1) is 0 Å². The van der Waals surface area contributed by atoms with Gasteiger partial charge in [0.2, 0.25) is 0 Å². The third kappa shape index (κ3) is 3.32. The van der Waals surface area contributed by atoms with Crippen LogP contribution in [-0.2, 0) is 10.2 Å². The lowest BCUT2D eigenvalue weighted by Gasteiger charge is -2.17. The summed E-state index contributed by atoms with van der Waals surface area (Å²) in [5.41, 5.74) is 0.968. The van der Waals surface area contributed by atoms with Gasteiger partial charge in [0.05, 0.1) is 0 Å². The predicted octanol–water partition coefficient (Wildman–Crippen LogP) is 1.25. The highest BCUT2D eigenvalue weighted by Crippen LogP contribution is 2.20. The molecule has 0 radical (unpaired) electrons. The van der Waals surface area contributed by atoms with Gasteiger partial charge in [-0.2, -0.15) is 5.10 Å². The highest BCUT2D eigenvalue weighted by atomic mass is 16.4. The topological polar surface area (TPSA) is 86.3 Å². The third-order valence-corrected chi connectivity index (χ3v) is 2.60. The minimum atomic E-state index is -1.03. The molecule has 0 unspecified atom stereocenters. The van der Waals surface area contributed by atoms with E-state index in [1.165, 1.54) is 4.90 Å². The molecular weight excluding hydrogens is 234 g/mol. The monoisotopic (exact) mass is 253 g/mol. The summed E-state index contributed by atoms with van der Waals surface area (Å²) in [7, 11) is 0. The Kier molecular flexibility index (Phi) is 4.11. The Labute approximate surface area is 106 Å². The van der Waals surface area contributed by atoms with Crippen molar-refractivity contribution in [2.75, 3.05) is 13.1 Å². The van der Waals surface area contributed by atoms with Gasteiger partial charge in [0, 0.05) is 17.7 Å². The molecule has 0 aliphatic rings. The van der Waals surface area contributed by atoms with Crippen LogP contribution < -0.4 is 0 Å². The minimum absolute atomic E-state index is 0.130. The fraction of sp³-hybridized carbons (Fsp3) is 0.583. The number of nitrogens with one attached hydrogen (secondary N) is 1. The van der Waals surface area contributed by atoms with Gasteiger partial charge in [-0.3, -0.25) is 14.7 Å². The second-order valence-electron chi connectivity index (χ2n) is 5.13. The fourth-order valence-corrected chi connectivity index (χ4v) is 1.47. The van der Waals surface area contributed by atoms with Crippen molar-refractivity contribution >= 4 is 11.9 Å². The number of nitrogens with zero attached hydrogens (tertiary/aromatic N) is 2. The zero-order chi connectivity index (χ0) is 13.9. The first-order valence-corrected chi connectivity index (χ1v) is 5.82. The van der Waals surface area contributed by atoms with Gasteiger partial charge in [-0.1, -0.05) is 20.8 Å². The number of rotatable bonds is 4. The van der Waals surface area contributed by atoms with Gasteiger partial charge in [0.1, 0.15) is 12.2 Å². The van der Waals surface area contributed by atoms with Crippen LogP contribution in [-0.4, -0.2) is 45.2 Å². The number of aromatic amines is 1. The first-order valence-electron chi connectivity index (χ1n) is 5.82. The number of likely N-dealkylation sites (N-methyl/N-ethyl adjacent to an activating group) is 1. The summed E-state index contributed by atoms with van der Waals surface area (Å²) in [5.74, 6) is -1.40. The molecule has 1 aromatic rings. The average Bonchev–Trinajstić information content (AvgIpc) is 2.73. The molecule has 100 valence electrons. The Morgan fingerprint density at radius 2 is 2.06 bits per heavy atom. The maximum atomic E-state index is 12.0. The van der Waals surface area contributed by atoms with E-state index in [4.69, 9.17) is 5.11 Å². The van der Waals surface area contributed by atoms with Crippen LogP contribution in [0.4, 0.5) is 0 Å². The molecule has 0 atom stereocenters. The summed E-state index contributed by atoms with van der Waals surface area (Å²) in [6.07, 6.45) is 0. The molecule has 0 spiro atoms. The molecule has 2 N–H and O–H groups in total. The predicted molar refractivity (Wildman–Crippen MR) is 66.5 cm³/mol. The van der Waals surface area contributed by atoms with E-state index in [2.05, 4.69) is 10.2 Å². The minimum Gasteiger partial charge on any atom is -0.480 e. The number of aliphatic carboxylic acids is 1. The van der Waals surface area contributed by atoms with Crippen LogP contribution in [0.2, 0.25) is 0 Å². The van der Waals surface area contributed by atoms with Crippen LogP contribution in [0.3, 0.4) is 0 Å². The SMILES string of the molecule is CCN(CC(=O)O)C(=O)c1cc(C(C)(C)C)[nH]n1. The average molecular weight is 253 g/mol. The molecule has 1 rings (SSSR count). The van der Waals surface area contributed by atoms with Gasteiger partial charge >= 0.3 is 5.97 Å². The van der Waals surface area contributed by atoms with E-state index in [1.54, 1.807) is 13.0 Å². The first kappa shape index (κ1) is 14.2. The molecule has 6 heteroatoms. The third-order valence-electron chi connectivity index (χ3n) is 2.60. The number of carbonyl (C=O) groups excluding carboxylic acids is 1. The highest BCUT2D eigenvalue weighted by molar-refractivity contribution is 5.94. The van der Waals surface area contributed by atoms with E-state index in [0.29, 0.717) is 6.54 Å². The number of hydrogen-bond acceptors (Lipinski definition) is 3. The summed E-state index contributed by atoms with van der Waals surface area (Å²) in [6.45, 7) is 7.77. The zero-order valence-corrected chi connectivity index (χ0v) is 11.1. The number of carboxylic acids is 1. The Morgan fingerprint density at radius 1 is 1.44 bits per heavy atom. The van der Waals surface area contributed by atoms with Crippen molar-refractivity contribution in [2.24, 2.45) is 0 Å². The van der Waals surface area contributed by atoms with Crippen molar-refractivity contribution < 1.29 is 14.7 Å². The summed E-state index contributed by atoms with van der Waals surface area (Å²) in [6, 6.07) is 1.67. The molecule has 1 amide bonds. The maximum Gasteiger partial charge on any atom is 0.323 e. The number of carboxylic acid groups (broad SMARTS) is 1. The molecule has 0 bridgehead atoms. The van der Waals surface area contributed by atoms with Crippen molar-refractivity contribution in [2.45, 2.75) is 33.1 Å². The first-order chi connectivity index (χ1) is 8.25. The van der Waals surface area contributed by atoms with Gasteiger partial charge in [-0.25, -0.2) is 0 Å². The number of carbonyl (C=O) groups is 2. The lowest BCUT2D eigenvalue weighted by Crippen LogP contribution is -2.35. The molecule has 0 fully saturated rings.